The van der Waals surface area contributed by atoms with Gasteiger partial charge >= 0.3 is 41.3 Å². The molecule has 1 unspecified atom stereocenters. The fourth-order valence-electron chi connectivity index (χ4n) is 4.60. The molecule has 0 aliphatic heterocycles. The summed E-state index contributed by atoms with van der Waals surface area (Å²) in [7, 11) is -1.07. The molecule has 1 atom stereocenters. The Labute approximate surface area is 262 Å². The second-order valence-electron chi connectivity index (χ2n) is 13.6. The van der Waals surface area contributed by atoms with Crippen molar-refractivity contribution in [2.75, 3.05) is 0 Å². The molecule has 208 valence electrons. The average Bonchev–Trinajstić information content (AvgIpc) is 3.24. The third-order valence-electron chi connectivity index (χ3n) is 6.51. The molecule has 0 nitrogen and oxygen atoms in total. The van der Waals surface area contributed by atoms with Gasteiger partial charge in [0.1, 0.15) is 0 Å². The standard InChI is InChI=1S/C21H25.C10H17Si.C3H6.2ClH.Zr/c1-20(2,3)16-7-9-18-14(12-16)11-15-13-17(21(4,5)6)8-10-19(15)18;1-8-6-9(2)10(7-8)11(3,4)5;1-3-2;;;/h7-13H,1-6H3;7-8H,1-5H3;1-2H3;2*1H;/q2*-1;;;;+2/p-2. The Hall–Kier alpha value is -0.660. The molecule has 3 aromatic rings. The number of hydrogen-bond acceptors (Lipinski definition) is 0. The molecule has 0 fully saturated rings. The van der Waals surface area contributed by atoms with Crippen LogP contribution in [0.4, 0.5) is 0 Å². The van der Waals surface area contributed by atoms with Crippen molar-refractivity contribution in [2.24, 2.45) is 5.92 Å². The van der Waals surface area contributed by atoms with Crippen LogP contribution in [0.2, 0.25) is 19.6 Å². The maximum absolute atomic E-state index is 3.43. The molecule has 38 heavy (non-hydrogen) atoms. The van der Waals surface area contributed by atoms with Crippen molar-refractivity contribution >= 4 is 32.8 Å². The minimum Gasteiger partial charge on any atom is -1.00 e. The SMILES string of the molecule is CC(C)(C)c1ccc2c(c1)[cH-]c1cc(C(C)(C)C)ccc12.CC1=[C-]C(C)C=C1[Si](C)(C)C.C[C](C)=[Zr+2].[Cl-].[Cl-]. The first-order valence-electron chi connectivity index (χ1n) is 13.3. The molecule has 0 heterocycles. The van der Waals surface area contributed by atoms with Crippen LogP contribution in [0.25, 0.3) is 21.5 Å². The van der Waals surface area contributed by atoms with Gasteiger partial charge in [-0.25, -0.2) is 10.8 Å². The molecule has 0 amide bonds. The van der Waals surface area contributed by atoms with E-state index in [9.17, 15) is 0 Å². The van der Waals surface area contributed by atoms with Gasteiger partial charge in [-0.15, -0.1) is 39.7 Å². The molecule has 0 spiro atoms. The summed E-state index contributed by atoms with van der Waals surface area (Å²) in [4.78, 5) is 0. The Morgan fingerprint density at radius 1 is 0.816 bits per heavy atom. The van der Waals surface area contributed by atoms with Crippen LogP contribution in [0.5, 0.6) is 0 Å². The van der Waals surface area contributed by atoms with E-state index in [2.05, 4.69) is 143 Å². The zero-order valence-electron chi connectivity index (χ0n) is 26.0. The average molecular weight is 647 g/mol. The summed E-state index contributed by atoms with van der Waals surface area (Å²) in [6.45, 7) is 29.4. The van der Waals surface area contributed by atoms with Gasteiger partial charge in [0, 0.05) is 0 Å². The van der Waals surface area contributed by atoms with Gasteiger partial charge in [0.2, 0.25) is 0 Å². The van der Waals surface area contributed by atoms with Gasteiger partial charge in [-0.05, 0) is 18.9 Å². The smallest absolute Gasteiger partial charge is 1.00 e. The van der Waals surface area contributed by atoms with Gasteiger partial charge in [-0.3, -0.25) is 6.08 Å². The third kappa shape index (κ3) is 10.4. The number of hydrogen-bond donors (Lipinski definition) is 0. The molecule has 4 heteroatoms. The molecule has 0 N–H and O–H groups in total. The Balaban J connectivity index is 0.000000684. The molecule has 0 saturated heterocycles. The van der Waals surface area contributed by atoms with Crippen LogP contribution in [0.3, 0.4) is 0 Å². The van der Waals surface area contributed by atoms with E-state index in [4.69, 9.17) is 0 Å². The largest absolute Gasteiger partial charge is 1.00 e. The molecule has 0 bridgehead atoms. The zero-order chi connectivity index (χ0) is 27.6. The Kier molecular flexibility index (Phi) is 14.0. The predicted molar refractivity (Wildman–Crippen MR) is 164 cm³/mol. The summed E-state index contributed by atoms with van der Waals surface area (Å²) < 4.78 is 1.51. The van der Waals surface area contributed by atoms with E-state index >= 15 is 0 Å². The minimum absolute atomic E-state index is 0. The fourth-order valence-corrected chi connectivity index (χ4v) is 6.55. The van der Waals surface area contributed by atoms with Crippen LogP contribution in [0, 0.1) is 12.0 Å². The van der Waals surface area contributed by atoms with Crippen LogP contribution in [-0.4, -0.2) is 11.3 Å². The van der Waals surface area contributed by atoms with Crippen molar-refractivity contribution in [3.8, 4) is 0 Å². The fraction of sp³-hybridized carbons (Fsp3) is 0.471. The van der Waals surface area contributed by atoms with Crippen LogP contribution in [0.15, 0.2) is 59.3 Å². The van der Waals surface area contributed by atoms with Gasteiger partial charge in [0.15, 0.2) is 0 Å². The number of fused-ring (bicyclic) bond motifs is 3. The van der Waals surface area contributed by atoms with Crippen molar-refractivity contribution in [3.05, 3.63) is 76.5 Å². The molecule has 1 aliphatic carbocycles. The van der Waals surface area contributed by atoms with E-state index in [0.717, 1.165) is 0 Å². The van der Waals surface area contributed by atoms with E-state index in [0.29, 0.717) is 5.92 Å². The van der Waals surface area contributed by atoms with Gasteiger partial charge in [0.05, 0.1) is 0 Å². The number of rotatable bonds is 1. The van der Waals surface area contributed by atoms with Gasteiger partial charge in [-0.1, -0.05) is 116 Å². The molecule has 4 rings (SSSR count). The summed E-state index contributed by atoms with van der Waals surface area (Å²) in [6.07, 6.45) is 5.81. The second kappa shape index (κ2) is 14.3. The minimum atomic E-state index is -1.07. The first-order valence-corrected chi connectivity index (χ1v) is 18.0. The Bertz CT molecular complexity index is 1220. The topological polar surface area (TPSA) is 0 Å². The molecule has 1 aliphatic rings. The number of benzene rings is 2. The van der Waals surface area contributed by atoms with Gasteiger partial charge < -0.3 is 24.8 Å². The summed E-state index contributed by atoms with van der Waals surface area (Å²) in [5, 5.41) is 7.08. The summed E-state index contributed by atoms with van der Waals surface area (Å²) in [6, 6.07) is 16.2. The van der Waals surface area contributed by atoms with Crippen molar-refractivity contribution in [1.29, 1.82) is 0 Å². The molecule has 0 saturated carbocycles. The molecular formula is C34H48Cl2SiZr-2. The summed E-state index contributed by atoms with van der Waals surface area (Å²) in [5.41, 5.74) is 4.61. The Morgan fingerprint density at radius 2 is 1.18 bits per heavy atom. The third-order valence-corrected chi connectivity index (χ3v) is 8.67. The number of allylic oxidation sites excluding steroid dienone is 4. The second-order valence-corrected chi connectivity index (χ2v) is 21.1. The van der Waals surface area contributed by atoms with E-state index in [1.54, 1.807) is 29.4 Å². The van der Waals surface area contributed by atoms with Crippen molar-refractivity contribution in [2.45, 2.75) is 99.7 Å². The van der Waals surface area contributed by atoms with Gasteiger partial charge in [-0.2, -0.15) is 6.08 Å². The first-order chi connectivity index (χ1) is 16.3. The van der Waals surface area contributed by atoms with Crippen LogP contribution in [0.1, 0.15) is 80.4 Å². The quantitative estimate of drug-likeness (QED) is 0.274. The summed E-state index contributed by atoms with van der Waals surface area (Å²) >= 11 is 1.55. The summed E-state index contributed by atoms with van der Waals surface area (Å²) in [5.74, 6) is 0.553. The zero-order valence-corrected chi connectivity index (χ0v) is 30.9. The molecular weight excluding hydrogens is 599 g/mol. The number of halogens is 2. The van der Waals surface area contributed by atoms with Crippen LogP contribution >= 0.6 is 0 Å². The molecule has 0 aromatic heterocycles. The van der Waals surface area contributed by atoms with E-state index in [1.807, 2.05) is 0 Å². The van der Waals surface area contributed by atoms with Crippen molar-refractivity contribution < 1.29 is 49.0 Å². The Morgan fingerprint density at radius 3 is 1.42 bits per heavy atom. The predicted octanol–water partition coefficient (Wildman–Crippen LogP) is 4.25. The monoisotopic (exact) mass is 644 g/mol. The van der Waals surface area contributed by atoms with Crippen LogP contribution < -0.4 is 24.8 Å². The van der Waals surface area contributed by atoms with Gasteiger partial charge in [0.25, 0.3) is 0 Å². The maximum Gasteiger partial charge on any atom is -1.00 e. The first kappa shape index (κ1) is 37.3. The molecule has 0 radical (unpaired) electrons. The normalized spacial score (nSPS) is 15.3. The van der Waals surface area contributed by atoms with E-state index in [1.165, 1.54) is 41.5 Å². The maximum atomic E-state index is 3.43. The van der Waals surface area contributed by atoms with Crippen molar-refractivity contribution in [3.63, 3.8) is 0 Å². The van der Waals surface area contributed by atoms with E-state index < -0.39 is 8.07 Å². The van der Waals surface area contributed by atoms with Crippen LogP contribution in [-0.2, 0) is 35.1 Å². The van der Waals surface area contributed by atoms with E-state index in [-0.39, 0.29) is 35.6 Å². The van der Waals surface area contributed by atoms with Crippen molar-refractivity contribution in [1.82, 2.24) is 0 Å². The molecule has 3 aromatic carbocycles.